The third kappa shape index (κ3) is 4.08. The first-order chi connectivity index (χ1) is 6.33. The Morgan fingerprint density at radius 2 is 2.38 bits per heavy atom. The molecule has 0 fully saturated rings. The second-order valence-corrected chi connectivity index (χ2v) is 3.35. The molecule has 0 saturated heterocycles. The van der Waals surface area contributed by atoms with Gasteiger partial charge in [0, 0.05) is 24.3 Å². The Labute approximate surface area is 83.5 Å². The van der Waals surface area contributed by atoms with Gasteiger partial charge in [0.15, 0.2) is 0 Å². The smallest absolute Gasteiger partial charge is 0.144 e. The lowest BCUT2D eigenvalue weighted by Gasteiger charge is -2.12. The fraction of sp³-hybridized carbons (Fsp3) is 0.556. The molecule has 13 heavy (non-hydrogen) atoms. The number of anilines is 1. The second-order valence-electron chi connectivity index (χ2n) is 2.97. The largest absolute Gasteiger partial charge is 0.366 e. The predicted molar refractivity (Wildman–Crippen MR) is 55.1 cm³/mol. The van der Waals surface area contributed by atoms with Crippen LogP contribution in [0.4, 0.5) is 5.82 Å². The molecule has 0 amide bonds. The van der Waals surface area contributed by atoms with E-state index in [0.29, 0.717) is 11.9 Å². The van der Waals surface area contributed by atoms with E-state index >= 15 is 0 Å². The van der Waals surface area contributed by atoms with Crippen molar-refractivity contribution in [1.29, 1.82) is 0 Å². The molecular formula is C9H14ClN3. The van der Waals surface area contributed by atoms with Crippen molar-refractivity contribution in [2.75, 3.05) is 11.2 Å². The molecule has 0 bridgehead atoms. The summed E-state index contributed by atoms with van der Waals surface area (Å²) in [5, 5.41) is 3.24. The summed E-state index contributed by atoms with van der Waals surface area (Å²) in [5.74, 6) is 1.54. The predicted octanol–water partition coefficient (Wildman–Crippen LogP) is 2.30. The molecule has 0 aliphatic rings. The van der Waals surface area contributed by atoms with Gasteiger partial charge in [-0.3, -0.25) is 4.98 Å². The molecule has 0 spiro atoms. The summed E-state index contributed by atoms with van der Waals surface area (Å²) in [6.07, 6.45) is 7.14. The Morgan fingerprint density at radius 1 is 1.54 bits per heavy atom. The lowest BCUT2D eigenvalue weighted by molar-refractivity contribution is 0.690. The monoisotopic (exact) mass is 199 g/mol. The highest BCUT2D eigenvalue weighted by atomic mass is 35.5. The van der Waals surface area contributed by atoms with Gasteiger partial charge in [0.25, 0.3) is 0 Å². The molecule has 72 valence electrons. The van der Waals surface area contributed by atoms with Crippen LogP contribution in [0.15, 0.2) is 18.6 Å². The minimum Gasteiger partial charge on any atom is -0.366 e. The summed E-state index contributed by atoms with van der Waals surface area (Å²) in [6.45, 7) is 2.11. The lowest BCUT2D eigenvalue weighted by Crippen LogP contribution is -2.15. The van der Waals surface area contributed by atoms with Gasteiger partial charge in [-0.1, -0.05) is 0 Å². The molecular weight excluding hydrogens is 186 g/mol. The van der Waals surface area contributed by atoms with Crippen LogP contribution in [-0.2, 0) is 0 Å². The Morgan fingerprint density at radius 3 is 3.00 bits per heavy atom. The zero-order chi connectivity index (χ0) is 9.52. The molecule has 1 atom stereocenters. The van der Waals surface area contributed by atoms with E-state index in [1.54, 1.807) is 18.6 Å². The van der Waals surface area contributed by atoms with Crippen LogP contribution in [0.2, 0.25) is 0 Å². The molecule has 1 heterocycles. The van der Waals surface area contributed by atoms with Crippen LogP contribution in [0.1, 0.15) is 19.8 Å². The molecule has 4 heteroatoms. The van der Waals surface area contributed by atoms with Crippen LogP contribution < -0.4 is 5.32 Å². The third-order valence-corrected chi connectivity index (χ3v) is 2.00. The number of aromatic nitrogens is 2. The van der Waals surface area contributed by atoms with Crippen LogP contribution >= 0.6 is 11.6 Å². The van der Waals surface area contributed by atoms with Crippen LogP contribution in [0.3, 0.4) is 0 Å². The van der Waals surface area contributed by atoms with Gasteiger partial charge >= 0.3 is 0 Å². The number of nitrogens with zero attached hydrogens (tertiary/aromatic N) is 2. The van der Waals surface area contributed by atoms with Crippen molar-refractivity contribution in [3.8, 4) is 0 Å². The maximum absolute atomic E-state index is 5.59. The van der Waals surface area contributed by atoms with Crippen molar-refractivity contribution in [2.45, 2.75) is 25.8 Å². The average Bonchev–Trinajstić information content (AvgIpc) is 2.16. The van der Waals surface area contributed by atoms with Crippen LogP contribution in [0.25, 0.3) is 0 Å². The van der Waals surface area contributed by atoms with Crippen LogP contribution in [0, 0.1) is 0 Å². The van der Waals surface area contributed by atoms with Gasteiger partial charge in [0.2, 0.25) is 0 Å². The minimum absolute atomic E-state index is 0.399. The molecule has 1 N–H and O–H groups in total. The SMILES string of the molecule is CC(CCCCl)Nc1cnccn1. The topological polar surface area (TPSA) is 37.8 Å². The summed E-state index contributed by atoms with van der Waals surface area (Å²) >= 11 is 5.59. The maximum atomic E-state index is 5.59. The van der Waals surface area contributed by atoms with Crippen LogP contribution in [0.5, 0.6) is 0 Å². The summed E-state index contributed by atoms with van der Waals surface area (Å²) in [7, 11) is 0. The van der Waals surface area contributed by atoms with Gasteiger partial charge in [-0.2, -0.15) is 0 Å². The summed E-state index contributed by atoms with van der Waals surface area (Å²) in [5.41, 5.74) is 0. The molecule has 0 saturated carbocycles. The highest BCUT2D eigenvalue weighted by molar-refractivity contribution is 6.17. The molecule has 0 radical (unpaired) electrons. The first kappa shape index (κ1) is 10.3. The van der Waals surface area contributed by atoms with Gasteiger partial charge in [0.1, 0.15) is 5.82 Å². The summed E-state index contributed by atoms with van der Waals surface area (Å²) in [4.78, 5) is 8.09. The molecule has 0 aliphatic carbocycles. The molecule has 1 unspecified atom stereocenters. The number of alkyl halides is 1. The molecule has 1 aromatic rings. The van der Waals surface area contributed by atoms with Gasteiger partial charge in [-0.25, -0.2) is 4.98 Å². The van der Waals surface area contributed by atoms with Crippen molar-refractivity contribution in [2.24, 2.45) is 0 Å². The second kappa shape index (κ2) is 5.75. The van der Waals surface area contributed by atoms with E-state index < -0.39 is 0 Å². The third-order valence-electron chi connectivity index (χ3n) is 1.73. The number of rotatable bonds is 5. The Hall–Kier alpha value is -0.830. The standard InChI is InChI=1S/C9H14ClN3/c1-8(3-2-4-10)13-9-7-11-5-6-12-9/h5-8H,2-4H2,1H3,(H,12,13). The van der Waals surface area contributed by atoms with E-state index in [1.165, 1.54) is 0 Å². The number of hydrogen-bond acceptors (Lipinski definition) is 3. The van der Waals surface area contributed by atoms with Gasteiger partial charge in [-0.05, 0) is 19.8 Å². The maximum Gasteiger partial charge on any atom is 0.144 e. The summed E-state index contributed by atoms with van der Waals surface area (Å²) < 4.78 is 0. The molecule has 0 aromatic carbocycles. The zero-order valence-electron chi connectivity index (χ0n) is 7.70. The highest BCUT2D eigenvalue weighted by Crippen LogP contribution is 2.05. The zero-order valence-corrected chi connectivity index (χ0v) is 8.46. The van der Waals surface area contributed by atoms with E-state index in [-0.39, 0.29) is 0 Å². The first-order valence-corrected chi connectivity index (χ1v) is 4.95. The number of nitrogens with one attached hydrogen (secondary N) is 1. The van der Waals surface area contributed by atoms with Crippen molar-refractivity contribution in [1.82, 2.24) is 9.97 Å². The average molecular weight is 200 g/mol. The van der Waals surface area contributed by atoms with Crippen molar-refractivity contribution < 1.29 is 0 Å². The Balaban J connectivity index is 2.32. The van der Waals surface area contributed by atoms with Crippen molar-refractivity contribution >= 4 is 17.4 Å². The highest BCUT2D eigenvalue weighted by Gasteiger charge is 2.01. The van der Waals surface area contributed by atoms with Crippen molar-refractivity contribution in [3.05, 3.63) is 18.6 Å². The quantitative estimate of drug-likeness (QED) is 0.740. The fourth-order valence-corrected chi connectivity index (χ4v) is 1.24. The van der Waals surface area contributed by atoms with E-state index in [4.69, 9.17) is 11.6 Å². The summed E-state index contributed by atoms with van der Waals surface area (Å²) in [6, 6.07) is 0.399. The lowest BCUT2D eigenvalue weighted by atomic mass is 10.2. The van der Waals surface area contributed by atoms with E-state index in [2.05, 4.69) is 22.2 Å². The van der Waals surface area contributed by atoms with E-state index in [9.17, 15) is 0 Å². The van der Waals surface area contributed by atoms with E-state index in [1.807, 2.05) is 0 Å². The van der Waals surface area contributed by atoms with Crippen LogP contribution in [-0.4, -0.2) is 21.9 Å². The minimum atomic E-state index is 0.399. The molecule has 3 nitrogen and oxygen atoms in total. The fourth-order valence-electron chi connectivity index (χ4n) is 1.08. The van der Waals surface area contributed by atoms with Gasteiger partial charge < -0.3 is 5.32 Å². The molecule has 1 aromatic heterocycles. The van der Waals surface area contributed by atoms with Gasteiger partial charge in [0.05, 0.1) is 6.20 Å². The number of hydrogen-bond donors (Lipinski definition) is 1. The first-order valence-electron chi connectivity index (χ1n) is 4.41. The van der Waals surface area contributed by atoms with Crippen molar-refractivity contribution in [3.63, 3.8) is 0 Å². The number of halogens is 1. The molecule has 0 aliphatic heterocycles. The Kier molecular flexibility index (Phi) is 4.54. The Bertz CT molecular complexity index is 228. The normalized spacial score (nSPS) is 12.5. The molecule has 1 rings (SSSR count). The van der Waals surface area contributed by atoms with E-state index in [0.717, 1.165) is 18.7 Å². The van der Waals surface area contributed by atoms with Gasteiger partial charge in [-0.15, -0.1) is 11.6 Å².